The van der Waals surface area contributed by atoms with E-state index < -0.39 is 28.5 Å². The van der Waals surface area contributed by atoms with E-state index in [1.165, 1.54) is 24.3 Å². The molecule has 1 N–H and O–H groups in total. The van der Waals surface area contributed by atoms with Gasteiger partial charge in [0, 0.05) is 10.0 Å². The van der Waals surface area contributed by atoms with Crippen molar-refractivity contribution >= 4 is 37.9 Å². The van der Waals surface area contributed by atoms with Gasteiger partial charge < -0.3 is 9.47 Å². The van der Waals surface area contributed by atoms with Crippen LogP contribution in [0.15, 0.2) is 57.9 Å². The molecule has 138 valence electrons. The molecular formula is C17H16BrNO6S. The molecule has 0 aliphatic heterocycles. The fourth-order valence-electron chi connectivity index (χ4n) is 2.04. The Morgan fingerprint density at radius 2 is 1.73 bits per heavy atom. The third-order valence-corrected chi connectivity index (χ3v) is 5.57. The van der Waals surface area contributed by atoms with Gasteiger partial charge in [-0.1, -0.05) is 46.3 Å². The van der Waals surface area contributed by atoms with E-state index in [4.69, 9.17) is 4.74 Å². The Kier molecular flexibility index (Phi) is 6.90. The first-order valence-corrected chi connectivity index (χ1v) is 9.69. The molecule has 0 heterocycles. The zero-order valence-corrected chi connectivity index (χ0v) is 16.2. The Balaban J connectivity index is 2.01. The highest BCUT2D eigenvalue weighted by atomic mass is 79.9. The van der Waals surface area contributed by atoms with Gasteiger partial charge in [-0.05, 0) is 18.2 Å². The molecule has 0 aliphatic carbocycles. The highest BCUT2D eigenvalue weighted by molar-refractivity contribution is 9.10. The summed E-state index contributed by atoms with van der Waals surface area (Å²) in [5.41, 5.74) is 0.629. The molecule has 7 nitrogen and oxygen atoms in total. The van der Waals surface area contributed by atoms with Gasteiger partial charge in [-0.15, -0.1) is 0 Å². The van der Waals surface area contributed by atoms with Crippen LogP contribution in [0.4, 0.5) is 0 Å². The average molecular weight is 442 g/mol. The molecule has 0 aromatic heterocycles. The van der Waals surface area contributed by atoms with Gasteiger partial charge >= 0.3 is 11.9 Å². The topological polar surface area (TPSA) is 98.8 Å². The number of carbonyl (C=O) groups is 2. The normalized spacial score (nSPS) is 11.0. The standard InChI is InChI=1S/C17H16BrNO6S/c1-24-17(21)13-7-3-5-9-15(13)26(22,23)19-10-16(20)25-11-12-6-2-4-8-14(12)18/h2-9,19H,10-11H2,1H3. The molecule has 0 unspecified atom stereocenters. The Morgan fingerprint density at radius 1 is 1.08 bits per heavy atom. The van der Waals surface area contributed by atoms with E-state index in [0.717, 1.165) is 17.1 Å². The van der Waals surface area contributed by atoms with Crippen LogP contribution in [0.25, 0.3) is 0 Å². The van der Waals surface area contributed by atoms with Crippen molar-refractivity contribution in [1.82, 2.24) is 4.72 Å². The number of ether oxygens (including phenoxy) is 2. The van der Waals surface area contributed by atoms with Crippen molar-refractivity contribution in [2.75, 3.05) is 13.7 Å². The molecule has 9 heteroatoms. The second-order valence-corrected chi connectivity index (χ2v) is 7.65. The van der Waals surface area contributed by atoms with Crippen molar-refractivity contribution in [2.45, 2.75) is 11.5 Å². The summed E-state index contributed by atoms with van der Waals surface area (Å²) in [6.45, 7) is -0.566. The van der Waals surface area contributed by atoms with Gasteiger partial charge in [0.1, 0.15) is 13.2 Å². The van der Waals surface area contributed by atoms with E-state index in [-0.39, 0.29) is 17.1 Å². The van der Waals surface area contributed by atoms with Gasteiger partial charge in [0.05, 0.1) is 17.6 Å². The van der Waals surface area contributed by atoms with Crippen molar-refractivity contribution in [2.24, 2.45) is 0 Å². The fraction of sp³-hybridized carbons (Fsp3) is 0.176. The molecule has 0 radical (unpaired) electrons. The number of nitrogens with one attached hydrogen (secondary N) is 1. The number of hydrogen-bond donors (Lipinski definition) is 1. The number of halogens is 1. The third-order valence-electron chi connectivity index (χ3n) is 3.33. The minimum atomic E-state index is -4.09. The Hall–Kier alpha value is -2.23. The van der Waals surface area contributed by atoms with Gasteiger partial charge in [0.15, 0.2) is 0 Å². The van der Waals surface area contributed by atoms with Crippen molar-refractivity contribution in [3.05, 3.63) is 64.1 Å². The minimum Gasteiger partial charge on any atom is -0.465 e. The van der Waals surface area contributed by atoms with E-state index in [1.807, 2.05) is 6.07 Å². The molecule has 0 aliphatic rings. The fourth-order valence-corrected chi connectivity index (χ4v) is 3.60. The number of methoxy groups -OCH3 is 1. The predicted octanol–water partition coefficient (Wildman–Crippen LogP) is 2.26. The highest BCUT2D eigenvalue weighted by Gasteiger charge is 2.23. The lowest BCUT2D eigenvalue weighted by molar-refractivity contribution is -0.143. The first kappa shape index (κ1) is 20.1. The molecule has 2 aromatic rings. The monoisotopic (exact) mass is 441 g/mol. The Labute approximate surface area is 159 Å². The smallest absolute Gasteiger partial charge is 0.339 e. The Morgan fingerprint density at radius 3 is 2.42 bits per heavy atom. The first-order valence-electron chi connectivity index (χ1n) is 7.41. The number of rotatable bonds is 7. The van der Waals surface area contributed by atoms with Gasteiger partial charge in [0.2, 0.25) is 10.0 Å². The molecule has 0 bridgehead atoms. The third kappa shape index (κ3) is 5.13. The SMILES string of the molecule is COC(=O)c1ccccc1S(=O)(=O)NCC(=O)OCc1ccccc1Br. The number of hydrogen-bond acceptors (Lipinski definition) is 6. The predicted molar refractivity (Wildman–Crippen MR) is 96.9 cm³/mol. The second kappa shape index (κ2) is 8.93. The van der Waals surface area contributed by atoms with Crippen LogP contribution in [0, 0.1) is 0 Å². The second-order valence-electron chi connectivity index (χ2n) is 5.06. The van der Waals surface area contributed by atoms with Crippen LogP contribution in [0.5, 0.6) is 0 Å². The van der Waals surface area contributed by atoms with E-state index in [2.05, 4.69) is 25.4 Å². The zero-order chi connectivity index (χ0) is 19.2. The molecule has 2 aromatic carbocycles. The maximum absolute atomic E-state index is 12.4. The number of sulfonamides is 1. The van der Waals surface area contributed by atoms with Crippen LogP contribution in [-0.4, -0.2) is 34.0 Å². The first-order chi connectivity index (χ1) is 12.3. The molecule has 0 atom stereocenters. The molecule has 2 rings (SSSR count). The van der Waals surface area contributed by atoms with E-state index in [1.54, 1.807) is 18.2 Å². The molecule has 0 amide bonds. The number of carbonyl (C=O) groups excluding carboxylic acids is 2. The summed E-state index contributed by atoms with van der Waals surface area (Å²) in [7, 11) is -2.94. The average Bonchev–Trinajstić information content (AvgIpc) is 2.65. The van der Waals surface area contributed by atoms with Crippen LogP contribution in [0.1, 0.15) is 15.9 Å². The van der Waals surface area contributed by atoms with Gasteiger partial charge in [-0.3, -0.25) is 4.79 Å². The largest absolute Gasteiger partial charge is 0.465 e. The lowest BCUT2D eigenvalue weighted by atomic mass is 10.2. The zero-order valence-electron chi connectivity index (χ0n) is 13.8. The Bertz CT molecular complexity index is 913. The van der Waals surface area contributed by atoms with Crippen molar-refractivity contribution in [3.8, 4) is 0 Å². The highest BCUT2D eigenvalue weighted by Crippen LogP contribution is 2.17. The number of benzene rings is 2. The summed E-state index contributed by atoms with van der Waals surface area (Å²) in [6.07, 6.45) is 0. The molecule has 26 heavy (non-hydrogen) atoms. The van der Waals surface area contributed by atoms with Gasteiger partial charge in [-0.2, -0.15) is 4.72 Å². The van der Waals surface area contributed by atoms with Crippen molar-refractivity contribution in [1.29, 1.82) is 0 Å². The van der Waals surface area contributed by atoms with Gasteiger partial charge in [-0.25, -0.2) is 13.2 Å². The van der Waals surface area contributed by atoms with Gasteiger partial charge in [0.25, 0.3) is 0 Å². The lowest BCUT2D eigenvalue weighted by Crippen LogP contribution is -2.31. The maximum Gasteiger partial charge on any atom is 0.339 e. The summed E-state index contributed by atoms with van der Waals surface area (Å²) in [5, 5.41) is 0. The van der Waals surface area contributed by atoms with Crippen LogP contribution < -0.4 is 4.72 Å². The summed E-state index contributed by atoms with van der Waals surface area (Å²) in [4.78, 5) is 23.3. The molecule has 0 saturated heterocycles. The molecule has 0 fully saturated rings. The summed E-state index contributed by atoms with van der Waals surface area (Å²) in [5.74, 6) is -1.54. The maximum atomic E-state index is 12.4. The minimum absolute atomic E-state index is 0.000726. The molecule has 0 spiro atoms. The van der Waals surface area contributed by atoms with Crippen LogP contribution in [0.3, 0.4) is 0 Å². The van der Waals surface area contributed by atoms with Crippen LogP contribution >= 0.6 is 15.9 Å². The quantitative estimate of drug-likeness (QED) is 0.661. The number of esters is 2. The summed E-state index contributed by atoms with van der Waals surface area (Å²) < 4.78 is 37.3. The van der Waals surface area contributed by atoms with Crippen molar-refractivity contribution < 1.29 is 27.5 Å². The lowest BCUT2D eigenvalue weighted by Gasteiger charge is -2.10. The molecule has 0 saturated carbocycles. The van der Waals surface area contributed by atoms with Crippen LogP contribution in [0.2, 0.25) is 0 Å². The van der Waals surface area contributed by atoms with E-state index in [0.29, 0.717) is 0 Å². The summed E-state index contributed by atoms with van der Waals surface area (Å²) >= 11 is 3.33. The van der Waals surface area contributed by atoms with Crippen molar-refractivity contribution in [3.63, 3.8) is 0 Å². The summed E-state index contributed by atoms with van der Waals surface area (Å²) in [6, 6.07) is 12.7. The van der Waals surface area contributed by atoms with E-state index >= 15 is 0 Å². The van der Waals surface area contributed by atoms with Crippen LogP contribution in [-0.2, 0) is 30.9 Å². The molecular weight excluding hydrogens is 426 g/mol. The van der Waals surface area contributed by atoms with E-state index in [9.17, 15) is 18.0 Å².